The zero-order valence-electron chi connectivity index (χ0n) is 13.1. The normalized spacial score (nSPS) is 27.5. The maximum atomic E-state index is 5.98. The van der Waals surface area contributed by atoms with E-state index in [1.807, 2.05) is 0 Å². The predicted octanol–water partition coefficient (Wildman–Crippen LogP) is 2.63. The standard InChI is InChI=1S/C18H28N2O/c1-15(16-6-3-2-4-7-16)9-10-19-12-18-13-20-11-5-8-17(20)14-21-18/h2-4,6-7,15,17-19H,5,8-14H2,1H3. The summed E-state index contributed by atoms with van der Waals surface area (Å²) in [6.07, 6.45) is 4.24. The molecule has 1 aromatic carbocycles. The van der Waals surface area contributed by atoms with Gasteiger partial charge in [0.25, 0.3) is 0 Å². The summed E-state index contributed by atoms with van der Waals surface area (Å²) in [6, 6.07) is 11.5. The van der Waals surface area contributed by atoms with E-state index in [0.717, 1.165) is 26.2 Å². The number of morpholine rings is 1. The number of nitrogens with zero attached hydrogens (tertiary/aromatic N) is 1. The van der Waals surface area contributed by atoms with E-state index in [1.165, 1.54) is 31.4 Å². The van der Waals surface area contributed by atoms with Gasteiger partial charge in [0.1, 0.15) is 0 Å². The summed E-state index contributed by atoms with van der Waals surface area (Å²) in [6.45, 7) is 7.70. The molecule has 0 spiro atoms. The summed E-state index contributed by atoms with van der Waals surface area (Å²) >= 11 is 0. The average molecular weight is 288 g/mol. The molecule has 1 N–H and O–H groups in total. The molecule has 0 bridgehead atoms. The van der Waals surface area contributed by atoms with Gasteiger partial charge in [-0.25, -0.2) is 0 Å². The largest absolute Gasteiger partial charge is 0.374 e. The Labute approximate surface area is 128 Å². The molecule has 1 aromatic rings. The molecule has 0 radical (unpaired) electrons. The van der Waals surface area contributed by atoms with Crippen molar-refractivity contribution in [2.24, 2.45) is 0 Å². The van der Waals surface area contributed by atoms with Crippen LogP contribution in [0, 0.1) is 0 Å². The van der Waals surface area contributed by atoms with Crippen LogP contribution in [-0.2, 0) is 4.74 Å². The van der Waals surface area contributed by atoms with Crippen LogP contribution in [0.15, 0.2) is 30.3 Å². The fourth-order valence-electron chi connectivity index (χ4n) is 3.54. The summed E-state index contributed by atoms with van der Waals surface area (Å²) in [5, 5.41) is 3.58. The van der Waals surface area contributed by atoms with Gasteiger partial charge in [-0.1, -0.05) is 37.3 Å². The number of hydrogen-bond acceptors (Lipinski definition) is 3. The van der Waals surface area contributed by atoms with E-state index in [9.17, 15) is 0 Å². The number of benzene rings is 1. The zero-order valence-corrected chi connectivity index (χ0v) is 13.1. The van der Waals surface area contributed by atoms with Gasteiger partial charge in [-0.15, -0.1) is 0 Å². The summed E-state index contributed by atoms with van der Waals surface area (Å²) in [7, 11) is 0. The summed E-state index contributed by atoms with van der Waals surface area (Å²) in [4.78, 5) is 2.61. The lowest BCUT2D eigenvalue weighted by atomic mass is 9.98. The van der Waals surface area contributed by atoms with Crippen molar-refractivity contribution in [1.82, 2.24) is 10.2 Å². The van der Waals surface area contributed by atoms with Gasteiger partial charge in [-0.2, -0.15) is 0 Å². The minimum absolute atomic E-state index is 0.381. The molecule has 3 unspecified atom stereocenters. The summed E-state index contributed by atoms with van der Waals surface area (Å²) in [5.74, 6) is 0.619. The quantitative estimate of drug-likeness (QED) is 0.815. The topological polar surface area (TPSA) is 24.5 Å². The first-order valence-corrected chi connectivity index (χ1v) is 8.44. The third-order valence-corrected chi connectivity index (χ3v) is 4.96. The Balaban J connectivity index is 1.33. The highest BCUT2D eigenvalue weighted by Crippen LogP contribution is 2.22. The Morgan fingerprint density at radius 3 is 3.05 bits per heavy atom. The molecule has 0 saturated carbocycles. The minimum Gasteiger partial charge on any atom is -0.374 e. The number of ether oxygens (including phenoxy) is 1. The van der Waals surface area contributed by atoms with Gasteiger partial charge < -0.3 is 10.1 Å². The monoisotopic (exact) mass is 288 g/mol. The molecule has 2 heterocycles. The molecule has 2 aliphatic rings. The van der Waals surface area contributed by atoms with Crippen LogP contribution in [-0.4, -0.2) is 49.8 Å². The zero-order chi connectivity index (χ0) is 14.5. The number of rotatable bonds is 6. The van der Waals surface area contributed by atoms with Gasteiger partial charge in [-0.05, 0) is 43.8 Å². The number of fused-ring (bicyclic) bond motifs is 1. The Morgan fingerprint density at radius 2 is 2.19 bits per heavy atom. The van der Waals surface area contributed by atoms with Crippen molar-refractivity contribution >= 4 is 0 Å². The number of nitrogens with one attached hydrogen (secondary N) is 1. The highest BCUT2D eigenvalue weighted by atomic mass is 16.5. The lowest BCUT2D eigenvalue weighted by Gasteiger charge is -2.35. The molecule has 2 saturated heterocycles. The van der Waals surface area contributed by atoms with Gasteiger partial charge in [0, 0.05) is 19.1 Å². The van der Waals surface area contributed by atoms with E-state index in [0.29, 0.717) is 18.1 Å². The van der Waals surface area contributed by atoms with Crippen molar-refractivity contribution in [2.75, 3.05) is 32.8 Å². The van der Waals surface area contributed by atoms with Crippen molar-refractivity contribution in [2.45, 2.75) is 44.2 Å². The van der Waals surface area contributed by atoms with E-state index < -0.39 is 0 Å². The highest BCUT2D eigenvalue weighted by molar-refractivity contribution is 5.18. The third kappa shape index (κ3) is 4.06. The molecule has 21 heavy (non-hydrogen) atoms. The first-order valence-electron chi connectivity index (χ1n) is 8.44. The van der Waals surface area contributed by atoms with Crippen molar-refractivity contribution < 1.29 is 4.74 Å². The van der Waals surface area contributed by atoms with Crippen LogP contribution in [0.25, 0.3) is 0 Å². The second-order valence-electron chi connectivity index (χ2n) is 6.55. The van der Waals surface area contributed by atoms with Crippen LogP contribution < -0.4 is 5.32 Å². The Hall–Kier alpha value is -0.900. The van der Waals surface area contributed by atoms with Gasteiger partial charge in [0.15, 0.2) is 0 Å². The van der Waals surface area contributed by atoms with Gasteiger partial charge in [0.05, 0.1) is 12.7 Å². The van der Waals surface area contributed by atoms with Gasteiger partial charge in [-0.3, -0.25) is 4.90 Å². The SMILES string of the molecule is CC(CCNCC1CN2CCCC2CO1)c1ccccc1. The Kier molecular flexibility index (Phi) is 5.28. The van der Waals surface area contributed by atoms with Crippen molar-refractivity contribution in [3.63, 3.8) is 0 Å². The summed E-state index contributed by atoms with van der Waals surface area (Å²) < 4.78 is 5.98. The van der Waals surface area contributed by atoms with E-state index in [4.69, 9.17) is 4.74 Å². The molecular weight excluding hydrogens is 260 g/mol. The van der Waals surface area contributed by atoms with Crippen LogP contribution in [0.3, 0.4) is 0 Å². The molecule has 0 amide bonds. The van der Waals surface area contributed by atoms with Crippen molar-refractivity contribution in [3.05, 3.63) is 35.9 Å². The maximum Gasteiger partial charge on any atom is 0.0826 e. The average Bonchev–Trinajstić information content (AvgIpc) is 3.00. The van der Waals surface area contributed by atoms with Crippen LogP contribution >= 0.6 is 0 Å². The minimum atomic E-state index is 0.381. The second kappa shape index (κ2) is 7.39. The van der Waals surface area contributed by atoms with E-state index in [-0.39, 0.29) is 0 Å². The first-order chi connectivity index (χ1) is 10.3. The third-order valence-electron chi connectivity index (χ3n) is 4.96. The fraction of sp³-hybridized carbons (Fsp3) is 0.667. The van der Waals surface area contributed by atoms with Crippen molar-refractivity contribution in [3.8, 4) is 0 Å². The molecule has 0 aromatic heterocycles. The second-order valence-corrected chi connectivity index (χ2v) is 6.55. The van der Waals surface area contributed by atoms with Crippen LogP contribution in [0.1, 0.15) is 37.7 Å². The van der Waals surface area contributed by atoms with Crippen LogP contribution in [0.2, 0.25) is 0 Å². The van der Waals surface area contributed by atoms with Gasteiger partial charge in [0.2, 0.25) is 0 Å². The molecule has 2 aliphatic heterocycles. The molecule has 0 aliphatic carbocycles. The predicted molar refractivity (Wildman–Crippen MR) is 86.7 cm³/mol. The Morgan fingerprint density at radius 1 is 1.33 bits per heavy atom. The van der Waals surface area contributed by atoms with E-state index >= 15 is 0 Å². The lowest BCUT2D eigenvalue weighted by Crippen LogP contribution is -2.49. The van der Waals surface area contributed by atoms with Crippen LogP contribution in [0.4, 0.5) is 0 Å². The first kappa shape index (κ1) is 15.0. The lowest BCUT2D eigenvalue weighted by molar-refractivity contribution is -0.0468. The summed E-state index contributed by atoms with van der Waals surface area (Å²) in [5.41, 5.74) is 1.44. The smallest absolute Gasteiger partial charge is 0.0826 e. The Bertz CT molecular complexity index is 422. The molecule has 3 nitrogen and oxygen atoms in total. The maximum absolute atomic E-state index is 5.98. The van der Waals surface area contributed by atoms with E-state index in [2.05, 4.69) is 47.5 Å². The molecule has 3 rings (SSSR count). The molecule has 2 fully saturated rings. The van der Waals surface area contributed by atoms with E-state index in [1.54, 1.807) is 0 Å². The molecular formula is C18H28N2O. The highest BCUT2D eigenvalue weighted by Gasteiger charge is 2.31. The van der Waals surface area contributed by atoms with Gasteiger partial charge >= 0.3 is 0 Å². The van der Waals surface area contributed by atoms with Crippen molar-refractivity contribution in [1.29, 1.82) is 0 Å². The molecule has 3 heteroatoms. The molecule has 116 valence electrons. The molecule has 3 atom stereocenters. The fourth-order valence-corrected chi connectivity index (χ4v) is 3.54. The number of hydrogen-bond donors (Lipinski definition) is 1. The van der Waals surface area contributed by atoms with Crippen LogP contribution in [0.5, 0.6) is 0 Å².